The molecule has 4 heterocycles. The molecule has 0 saturated carbocycles. The summed E-state index contributed by atoms with van der Waals surface area (Å²) in [6.45, 7) is 0. The van der Waals surface area contributed by atoms with Gasteiger partial charge in [-0.3, -0.25) is 0 Å². The van der Waals surface area contributed by atoms with Crippen molar-refractivity contribution >= 4 is 65.6 Å². The van der Waals surface area contributed by atoms with Crippen LogP contribution >= 0.6 is 0 Å². The van der Waals surface area contributed by atoms with Crippen molar-refractivity contribution in [3.63, 3.8) is 0 Å². The molecule has 0 aliphatic heterocycles. The lowest BCUT2D eigenvalue weighted by atomic mass is 10.00. The molecule has 0 unspecified atom stereocenters. The monoisotopic (exact) mass is 855 g/mol. The predicted octanol–water partition coefficient (Wildman–Crippen LogP) is 14.4. The molecular weight excluding hydrogens is 823 g/mol. The van der Waals surface area contributed by atoms with Crippen molar-refractivity contribution in [2.75, 3.05) is 0 Å². The Morgan fingerprint density at radius 3 is 1.24 bits per heavy atom. The van der Waals surface area contributed by atoms with Crippen LogP contribution in [-0.2, 0) is 0 Å². The van der Waals surface area contributed by atoms with Crippen molar-refractivity contribution in [1.82, 2.24) is 24.1 Å². The SMILES string of the molecule is N#Cc1ccc(-c2ccc(-n3c4ccccc4c4c5oc6c(ccc7c6c6ccccc6n7-c6ccc(-c7nc(-c8ccccc8)nc(-c8ccccc8)n7)cc6)c5ccc43)cc2)cc1C#N. The topological polar surface area (TPSA) is 109 Å². The largest absolute Gasteiger partial charge is 0.455 e. The van der Waals surface area contributed by atoms with Crippen LogP contribution in [0.2, 0.25) is 0 Å². The Balaban J connectivity index is 0.944. The molecule has 0 N–H and O–H groups in total. The maximum Gasteiger partial charge on any atom is 0.164 e. The lowest BCUT2D eigenvalue weighted by Crippen LogP contribution is -2.00. The van der Waals surface area contributed by atoms with Crippen LogP contribution in [-0.4, -0.2) is 24.1 Å². The fourth-order valence-corrected chi connectivity index (χ4v) is 9.77. The molecule has 13 rings (SSSR count). The molecule has 0 amide bonds. The molecule has 0 bridgehead atoms. The Kier molecular flexibility index (Phi) is 8.48. The van der Waals surface area contributed by atoms with E-state index in [1.54, 1.807) is 12.1 Å². The standard InChI is InChI=1S/C59H33N7O/c60-34-41-20-19-40(33-42(41)35-61)36-21-25-43(26-22-36)65-49-17-9-7-15-47(49)53-51(65)31-29-45-46-30-32-52-54(56(46)67-55(45)53)48-16-8-10-18-50(48)66(52)44-27-23-39(24-28-44)59-63-57(37-11-3-1-4-12-37)62-58(64-59)38-13-5-2-6-14-38/h1-33H. The molecule has 0 spiro atoms. The molecule has 0 atom stereocenters. The zero-order valence-electron chi connectivity index (χ0n) is 35.6. The first-order chi connectivity index (χ1) is 33.1. The molecule has 8 nitrogen and oxygen atoms in total. The molecule has 0 saturated heterocycles. The molecule has 310 valence electrons. The Labute approximate surface area is 383 Å². The quantitative estimate of drug-likeness (QED) is 0.165. The van der Waals surface area contributed by atoms with Crippen LogP contribution in [0.15, 0.2) is 205 Å². The number of fused-ring (bicyclic) bond motifs is 11. The normalized spacial score (nSPS) is 11.6. The van der Waals surface area contributed by atoms with E-state index in [1.807, 2.05) is 66.7 Å². The third-order valence-corrected chi connectivity index (χ3v) is 12.9. The maximum absolute atomic E-state index is 9.65. The Morgan fingerprint density at radius 2 is 0.761 bits per heavy atom. The van der Waals surface area contributed by atoms with Crippen LogP contribution in [0.1, 0.15) is 11.1 Å². The van der Waals surface area contributed by atoms with E-state index >= 15 is 0 Å². The maximum atomic E-state index is 9.65. The van der Waals surface area contributed by atoms with E-state index in [1.165, 1.54) is 0 Å². The van der Waals surface area contributed by atoms with Crippen molar-refractivity contribution in [3.05, 3.63) is 211 Å². The molecule has 4 aromatic heterocycles. The second-order valence-corrected chi connectivity index (χ2v) is 16.6. The fraction of sp³-hybridized carbons (Fsp3) is 0. The van der Waals surface area contributed by atoms with E-state index in [0.29, 0.717) is 28.6 Å². The van der Waals surface area contributed by atoms with Gasteiger partial charge in [0.1, 0.15) is 23.3 Å². The van der Waals surface area contributed by atoms with Gasteiger partial charge in [0.25, 0.3) is 0 Å². The van der Waals surface area contributed by atoms with E-state index in [2.05, 4.69) is 143 Å². The van der Waals surface area contributed by atoms with Crippen LogP contribution < -0.4 is 0 Å². The van der Waals surface area contributed by atoms with E-state index in [0.717, 1.165) is 105 Å². The second kappa shape index (κ2) is 15.0. The third kappa shape index (κ3) is 5.95. The van der Waals surface area contributed by atoms with Crippen LogP contribution in [0.5, 0.6) is 0 Å². The first kappa shape index (κ1) is 37.9. The van der Waals surface area contributed by atoms with Crippen LogP contribution in [0.4, 0.5) is 0 Å². The van der Waals surface area contributed by atoms with Gasteiger partial charge in [-0.1, -0.05) is 115 Å². The number of benzene rings is 9. The van der Waals surface area contributed by atoms with Crippen LogP contribution in [0.3, 0.4) is 0 Å². The number of furan rings is 1. The highest BCUT2D eigenvalue weighted by atomic mass is 16.3. The van der Waals surface area contributed by atoms with E-state index in [-0.39, 0.29) is 0 Å². The molecular formula is C59H33N7O. The van der Waals surface area contributed by atoms with Crippen molar-refractivity contribution < 1.29 is 4.42 Å². The minimum Gasteiger partial charge on any atom is -0.455 e. The summed E-state index contributed by atoms with van der Waals surface area (Å²) in [5.41, 5.74) is 13.2. The van der Waals surface area contributed by atoms with Crippen molar-refractivity contribution in [2.24, 2.45) is 0 Å². The van der Waals surface area contributed by atoms with Gasteiger partial charge in [-0.15, -0.1) is 0 Å². The van der Waals surface area contributed by atoms with Crippen LogP contribution in [0.25, 0.3) is 122 Å². The van der Waals surface area contributed by atoms with Crippen molar-refractivity contribution in [2.45, 2.75) is 0 Å². The first-order valence-electron chi connectivity index (χ1n) is 22.0. The Bertz CT molecular complexity index is 4150. The smallest absolute Gasteiger partial charge is 0.164 e. The number of nitrogens with zero attached hydrogens (tertiary/aromatic N) is 7. The lowest BCUT2D eigenvalue weighted by Gasteiger charge is -2.10. The summed E-state index contributed by atoms with van der Waals surface area (Å²) in [5.74, 6) is 1.85. The molecule has 0 aliphatic rings. The minimum atomic E-state index is 0.366. The molecule has 67 heavy (non-hydrogen) atoms. The Morgan fingerprint density at radius 1 is 0.343 bits per heavy atom. The number of hydrogen-bond donors (Lipinski definition) is 0. The summed E-state index contributed by atoms with van der Waals surface area (Å²) < 4.78 is 11.8. The van der Waals surface area contributed by atoms with Gasteiger partial charge >= 0.3 is 0 Å². The van der Waals surface area contributed by atoms with E-state index in [4.69, 9.17) is 19.4 Å². The predicted molar refractivity (Wildman–Crippen MR) is 267 cm³/mol. The number of rotatable bonds is 6. The van der Waals surface area contributed by atoms with Gasteiger partial charge < -0.3 is 13.6 Å². The molecule has 9 aromatic carbocycles. The van der Waals surface area contributed by atoms with Gasteiger partial charge in [-0.2, -0.15) is 10.5 Å². The summed E-state index contributed by atoms with van der Waals surface area (Å²) in [7, 11) is 0. The summed E-state index contributed by atoms with van der Waals surface area (Å²) in [6, 6.07) is 72.3. The average molecular weight is 856 g/mol. The van der Waals surface area contributed by atoms with Gasteiger partial charge in [0.15, 0.2) is 17.5 Å². The molecule has 0 fully saturated rings. The highest BCUT2D eigenvalue weighted by Gasteiger charge is 2.23. The zero-order valence-corrected chi connectivity index (χ0v) is 35.6. The molecule has 0 aliphatic carbocycles. The third-order valence-electron chi connectivity index (χ3n) is 12.9. The van der Waals surface area contributed by atoms with Crippen molar-refractivity contribution in [1.29, 1.82) is 10.5 Å². The second-order valence-electron chi connectivity index (χ2n) is 16.6. The summed E-state index contributed by atoms with van der Waals surface area (Å²) in [4.78, 5) is 14.8. The van der Waals surface area contributed by atoms with E-state index in [9.17, 15) is 10.5 Å². The number of nitriles is 2. The highest BCUT2D eigenvalue weighted by Crippen LogP contribution is 2.45. The minimum absolute atomic E-state index is 0.366. The number of aromatic nitrogens is 5. The van der Waals surface area contributed by atoms with Crippen molar-refractivity contribution in [3.8, 4) is 68.8 Å². The molecule has 13 aromatic rings. The highest BCUT2D eigenvalue weighted by molar-refractivity contribution is 6.29. The fourth-order valence-electron chi connectivity index (χ4n) is 9.77. The van der Waals surface area contributed by atoms with Gasteiger partial charge in [-0.05, 0) is 96.1 Å². The van der Waals surface area contributed by atoms with Gasteiger partial charge in [0.05, 0.1) is 44.0 Å². The summed E-state index contributed by atoms with van der Waals surface area (Å²) in [5, 5.41) is 25.5. The van der Waals surface area contributed by atoms with Gasteiger partial charge in [0.2, 0.25) is 0 Å². The molecule has 0 radical (unpaired) electrons. The first-order valence-corrected chi connectivity index (χ1v) is 22.0. The zero-order chi connectivity index (χ0) is 44.6. The summed E-state index contributed by atoms with van der Waals surface area (Å²) >= 11 is 0. The lowest BCUT2D eigenvalue weighted by molar-refractivity contribution is 0.677. The number of hydrogen-bond acceptors (Lipinski definition) is 6. The average Bonchev–Trinajstić information content (AvgIpc) is 4.07. The van der Waals surface area contributed by atoms with Gasteiger partial charge in [-0.25, -0.2) is 15.0 Å². The molecule has 8 heteroatoms. The summed E-state index contributed by atoms with van der Waals surface area (Å²) in [6.07, 6.45) is 0. The van der Waals surface area contributed by atoms with Gasteiger partial charge in [0, 0.05) is 49.6 Å². The Hall–Kier alpha value is -9.63. The van der Waals surface area contributed by atoms with E-state index < -0.39 is 0 Å². The number of para-hydroxylation sites is 2. The van der Waals surface area contributed by atoms with Crippen LogP contribution in [0, 0.1) is 22.7 Å².